The average molecular weight is 524 g/mol. The number of rotatable bonds is 5. The van der Waals surface area contributed by atoms with Crippen LogP contribution < -0.4 is 16.0 Å². The fraction of sp³-hybridized carbons (Fsp3) is 0.905. The van der Waals surface area contributed by atoms with Crippen LogP contribution in [0.4, 0.5) is 4.79 Å². The third-order valence-electron chi connectivity index (χ3n) is 5.67. The number of hydrogen-bond donors (Lipinski definition) is 3. The number of nitrogens with zero attached hydrogens (tertiary/aromatic N) is 2. The minimum atomic E-state index is -0.452. The van der Waals surface area contributed by atoms with Gasteiger partial charge in [0.2, 0.25) is 0 Å². The molecule has 0 aromatic carbocycles. The first-order valence-electron chi connectivity index (χ1n) is 11.0. The van der Waals surface area contributed by atoms with Gasteiger partial charge >= 0.3 is 6.09 Å². The highest BCUT2D eigenvalue weighted by molar-refractivity contribution is 14.0. The number of aliphatic imine (C=N–C) groups is 1. The Morgan fingerprint density at radius 2 is 1.69 bits per heavy atom. The molecule has 1 amide bonds. The Bertz CT molecular complexity index is 516. The quantitative estimate of drug-likeness (QED) is 0.292. The van der Waals surface area contributed by atoms with Gasteiger partial charge in [-0.1, -0.05) is 13.3 Å². The number of carbonyl (C=O) groups excluding carboxylic acids is 1. The molecule has 0 aromatic rings. The second-order valence-electron chi connectivity index (χ2n) is 9.07. The van der Waals surface area contributed by atoms with Gasteiger partial charge in [-0.3, -0.25) is 9.89 Å². The number of piperidine rings is 1. The molecule has 1 atom stereocenters. The summed E-state index contributed by atoms with van der Waals surface area (Å²) < 4.78 is 5.36. The van der Waals surface area contributed by atoms with Crippen LogP contribution in [-0.4, -0.2) is 67.4 Å². The van der Waals surface area contributed by atoms with Gasteiger partial charge in [0.1, 0.15) is 5.60 Å². The number of amides is 1. The lowest BCUT2D eigenvalue weighted by Gasteiger charge is -2.36. The second kappa shape index (κ2) is 12.8. The summed E-state index contributed by atoms with van der Waals surface area (Å²) >= 11 is 0. The molecule has 1 unspecified atom stereocenters. The van der Waals surface area contributed by atoms with E-state index in [0.29, 0.717) is 12.1 Å². The van der Waals surface area contributed by atoms with Crippen molar-refractivity contribution in [3.63, 3.8) is 0 Å². The Morgan fingerprint density at radius 3 is 2.24 bits per heavy atom. The van der Waals surface area contributed by atoms with E-state index in [9.17, 15) is 4.79 Å². The van der Waals surface area contributed by atoms with Crippen molar-refractivity contribution < 1.29 is 9.53 Å². The van der Waals surface area contributed by atoms with Gasteiger partial charge < -0.3 is 20.7 Å². The first kappa shape index (κ1) is 26.3. The van der Waals surface area contributed by atoms with Gasteiger partial charge in [0.15, 0.2) is 5.96 Å². The molecular formula is C21H42IN5O2. The van der Waals surface area contributed by atoms with Gasteiger partial charge in [-0.15, -0.1) is 24.0 Å². The van der Waals surface area contributed by atoms with E-state index in [-0.39, 0.29) is 36.1 Å². The molecular weight excluding hydrogens is 481 g/mol. The van der Waals surface area contributed by atoms with Crippen LogP contribution in [0.15, 0.2) is 4.99 Å². The van der Waals surface area contributed by atoms with E-state index in [1.165, 1.54) is 25.8 Å². The number of ether oxygens (including phenoxy) is 1. The summed E-state index contributed by atoms with van der Waals surface area (Å²) in [4.78, 5) is 18.9. The van der Waals surface area contributed by atoms with Crippen molar-refractivity contribution in [3.05, 3.63) is 0 Å². The molecule has 1 aliphatic carbocycles. The number of alkyl carbamates (subject to hydrolysis) is 1. The van der Waals surface area contributed by atoms with E-state index in [2.05, 4.69) is 32.8 Å². The van der Waals surface area contributed by atoms with Crippen LogP contribution in [0.1, 0.15) is 72.6 Å². The van der Waals surface area contributed by atoms with Crippen LogP contribution in [0.2, 0.25) is 0 Å². The van der Waals surface area contributed by atoms with Crippen molar-refractivity contribution in [2.24, 2.45) is 4.99 Å². The molecule has 0 aromatic heterocycles. The van der Waals surface area contributed by atoms with Crippen molar-refractivity contribution in [1.29, 1.82) is 0 Å². The van der Waals surface area contributed by atoms with E-state index >= 15 is 0 Å². The normalized spacial score (nSPS) is 26.2. The summed E-state index contributed by atoms with van der Waals surface area (Å²) in [6, 6.07) is 1.20. The first-order valence-corrected chi connectivity index (χ1v) is 11.0. The zero-order valence-corrected chi connectivity index (χ0v) is 21.3. The largest absolute Gasteiger partial charge is 0.444 e. The number of carbonyl (C=O) groups is 1. The Kier molecular flexibility index (Phi) is 11.6. The summed E-state index contributed by atoms with van der Waals surface area (Å²) in [7, 11) is 1.84. The van der Waals surface area contributed by atoms with Crippen LogP contribution in [-0.2, 0) is 4.74 Å². The predicted octanol–water partition coefficient (Wildman–Crippen LogP) is 3.48. The molecule has 29 heavy (non-hydrogen) atoms. The van der Waals surface area contributed by atoms with Crippen LogP contribution in [0.25, 0.3) is 0 Å². The molecule has 1 aliphatic heterocycles. The molecule has 1 heterocycles. The van der Waals surface area contributed by atoms with Gasteiger partial charge in [-0.05, 0) is 72.4 Å². The number of guanidine groups is 1. The lowest BCUT2D eigenvalue weighted by molar-refractivity contribution is 0.0490. The molecule has 0 spiro atoms. The van der Waals surface area contributed by atoms with Gasteiger partial charge in [-0.25, -0.2) is 4.79 Å². The summed E-state index contributed by atoms with van der Waals surface area (Å²) in [5.41, 5.74) is -0.452. The van der Waals surface area contributed by atoms with Crippen LogP contribution in [0, 0.1) is 0 Å². The highest BCUT2D eigenvalue weighted by Crippen LogP contribution is 2.20. The maximum atomic E-state index is 11.9. The van der Waals surface area contributed by atoms with Crippen LogP contribution in [0.3, 0.4) is 0 Å². The number of hydrogen-bond acceptors (Lipinski definition) is 4. The van der Waals surface area contributed by atoms with Crippen molar-refractivity contribution in [2.45, 2.75) is 96.4 Å². The van der Waals surface area contributed by atoms with E-state index < -0.39 is 5.60 Å². The van der Waals surface area contributed by atoms with Gasteiger partial charge in [0, 0.05) is 31.7 Å². The standard InChI is InChI=1S/C21H41N5O2.HI/c1-6-26-14-8-7-9-18(26)15-23-19(22-5)24-16-10-12-17(13-11-16)25-20(27)28-21(2,3)4;/h16-18H,6-15H2,1-5H3,(H,25,27)(H2,22,23,24);1H. The zero-order valence-electron chi connectivity index (χ0n) is 18.9. The Morgan fingerprint density at radius 1 is 1.07 bits per heavy atom. The minimum absolute atomic E-state index is 0. The molecule has 0 bridgehead atoms. The Balaban J connectivity index is 0.00000420. The first-order chi connectivity index (χ1) is 13.3. The Labute approximate surface area is 194 Å². The van der Waals surface area contributed by atoms with Crippen molar-refractivity contribution >= 4 is 36.0 Å². The monoisotopic (exact) mass is 523 g/mol. The Hall–Kier alpha value is -0.770. The third-order valence-corrected chi connectivity index (χ3v) is 5.67. The molecule has 8 heteroatoms. The summed E-state index contributed by atoms with van der Waals surface area (Å²) in [5.74, 6) is 0.894. The second-order valence-corrected chi connectivity index (χ2v) is 9.07. The van der Waals surface area contributed by atoms with Gasteiger partial charge in [-0.2, -0.15) is 0 Å². The zero-order chi connectivity index (χ0) is 20.6. The number of halogens is 1. The summed E-state index contributed by atoms with van der Waals surface area (Å²) in [5, 5.41) is 10.1. The lowest BCUT2D eigenvalue weighted by Crippen LogP contribution is -2.52. The predicted molar refractivity (Wildman–Crippen MR) is 130 cm³/mol. The van der Waals surface area contributed by atoms with E-state index in [0.717, 1.165) is 44.7 Å². The van der Waals surface area contributed by atoms with Crippen molar-refractivity contribution in [1.82, 2.24) is 20.9 Å². The maximum absolute atomic E-state index is 11.9. The molecule has 170 valence electrons. The number of likely N-dealkylation sites (N-methyl/N-ethyl adjacent to an activating group) is 1. The number of nitrogens with one attached hydrogen (secondary N) is 3. The maximum Gasteiger partial charge on any atom is 0.407 e. The molecule has 0 radical (unpaired) electrons. The highest BCUT2D eigenvalue weighted by Gasteiger charge is 2.26. The molecule has 1 saturated carbocycles. The molecule has 1 saturated heterocycles. The molecule has 2 rings (SSSR count). The van der Waals surface area contributed by atoms with Crippen molar-refractivity contribution in [2.75, 3.05) is 26.7 Å². The number of likely N-dealkylation sites (tertiary alicyclic amines) is 1. The highest BCUT2D eigenvalue weighted by atomic mass is 127. The van der Waals surface area contributed by atoms with Crippen molar-refractivity contribution in [3.8, 4) is 0 Å². The lowest BCUT2D eigenvalue weighted by atomic mass is 9.91. The molecule has 2 fully saturated rings. The average Bonchev–Trinajstić information content (AvgIpc) is 2.65. The van der Waals surface area contributed by atoms with Gasteiger partial charge in [0.05, 0.1) is 0 Å². The summed E-state index contributed by atoms with van der Waals surface area (Å²) in [6.07, 6.45) is 7.55. The fourth-order valence-corrected chi connectivity index (χ4v) is 4.17. The topological polar surface area (TPSA) is 78.0 Å². The third kappa shape index (κ3) is 9.72. The van der Waals surface area contributed by atoms with E-state index in [1.54, 1.807) is 0 Å². The summed E-state index contributed by atoms with van der Waals surface area (Å²) in [6.45, 7) is 11.2. The molecule has 3 N–H and O–H groups in total. The van der Waals surface area contributed by atoms with Crippen LogP contribution in [0.5, 0.6) is 0 Å². The van der Waals surface area contributed by atoms with E-state index in [1.807, 2.05) is 27.8 Å². The SMILES string of the molecule is CCN1CCCCC1CNC(=NC)NC1CCC(NC(=O)OC(C)(C)C)CC1.I. The van der Waals surface area contributed by atoms with Gasteiger partial charge in [0.25, 0.3) is 0 Å². The smallest absolute Gasteiger partial charge is 0.407 e. The van der Waals surface area contributed by atoms with E-state index in [4.69, 9.17) is 4.74 Å². The molecule has 7 nitrogen and oxygen atoms in total. The minimum Gasteiger partial charge on any atom is -0.444 e. The van der Waals surface area contributed by atoms with Crippen LogP contribution >= 0.6 is 24.0 Å². The fourth-order valence-electron chi connectivity index (χ4n) is 4.17. The molecule has 2 aliphatic rings.